The summed E-state index contributed by atoms with van der Waals surface area (Å²) in [5.74, 6) is -0.00253. The smallest absolute Gasteiger partial charge is 0.225 e. The Bertz CT molecular complexity index is 814. The number of benzene rings is 1. The highest BCUT2D eigenvalue weighted by molar-refractivity contribution is 7.22. The lowest BCUT2D eigenvalue weighted by Crippen LogP contribution is -2.39. The van der Waals surface area contributed by atoms with Gasteiger partial charge in [0.25, 0.3) is 0 Å². The van der Waals surface area contributed by atoms with Gasteiger partial charge in [-0.15, -0.1) is 0 Å². The highest BCUT2D eigenvalue weighted by Crippen LogP contribution is 2.27. The fourth-order valence-electron chi connectivity index (χ4n) is 3.66. The first-order chi connectivity index (χ1) is 13.5. The van der Waals surface area contributed by atoms with Crippen molar-refractivity contribution in [1.82, 2.24) is 15.2 Å². The fourth-order valence-corrected chi connectivity index (χ4v) is 4.61. The number of carbonyl (C=O) groups excluding carboxylic acids is 2. The predicted molar refractivity (Wildman–Crippen MR) is 115 cm³/mol. The molecule has 2 N–H and O–H groups in total. The summed E-state index contributed by atoms with van der Waals surface area (Å²) < 4.78 is 0.980. The van der Waals surface area contributed by atoms with Gasteiger partial charge in [0.1, 0.15) is 0 Å². The van der Waals surface area contributed by atoms with E-state index in [2.05, 4.69) is 27.6 Å². The van der Waals surface area contributed by atoms with Gasteiger partial charge in [0.2, 0.25) is 11.8 Å². The van der Waals surface area contributed by atoms with E-state index in [1.165, 1.54) is 43.4 Å². The van der Waals surface area contributed by atoms with Gasteiger partial charge in [0, 0.05) is 25.6 Å². The summed E-state index contributed by atoms with van der Waals surface area (Å²) in [6.07, 6.45) is 7.35. The highest BCUT2D eigenvalue weighted by Gasteiger charge is 2.17. The fraction of sp³-hybridized carbons (Fsp3) is 0.571. The normalized spacial score (nSPS) is 15.1. The van der Waals surface area contributed by atoms with Crippen LogP contribution >= 0.6 is 11.3 Å². The molecule has 2 aromatic rings. The number of rotatable bonds is 8. The van der Waals surface area contributed by atoms with Crippen LogP contribution in [0.1, 0.15) is 51.0 Å². The van der Waals surface area contributed by atoms with E-state index in [-0.39, 0.29) is 11.8 Å². The first-order valence-electron chi connectivity index (χ1n) is 10.2. The topological polar surface area (TPSA) is 74.3 Å². The first-order valence-corrected chi connectivity index (χ1v) is 11.0. The number of fused-ring (bicyclic) bond motifs is 1. The molecule has 0 bridgehead atoms. The third-order valence-corrected chi connectivity index (χ3v) is 6.30. The van der Waals surface area contributed by atoms with Crippen LogP contribution in [0.5, 0.6) is 0 Å². The maximum atomic E-state index is 12.3. The summed E-state index contributed by atoms with van der Waals surface area (Å²) in [7, 11) is 2.16. The van der Waals surface area contributed by atoms with Gasteiger partial charge >= 0.3 is 0 Å². The lowest BCUT2D eigenvalue weighted by atomic mass is 9.94. The van der Waals surface area contributed by atoms with Crippen molar-refractivity contribution in [3.63, 3.8) is 0 Å². The predicted octanol–water partition coefficient (Wildman–Crippen LogP) is 3.57. The molecule has 1 saturated carbocycles. The Morgan fingerprint density at radius 1 is 1.21 bits per heavy atom. The molecule has 2 amide bonds. The number of likely N-dealkylation sites (N-methyl/N-ethyl adjacent to an activating group) is 1. The molecule has 152 valence electrons. The molecule has 1 aromatic heterocycles. The van der Waals surface area contributed by atoms with Crippen molar-refractivity contribution in [3.05, 3.63) is 23.8 Å². The molecule has 0 spiro atoms. The third kappa shape index (κ3) is 5.75. The maximum absolute atomic E-state index is 12.3. The summed E-state index contributed by atoms with van der Waals surface area (Å²) in [4.78, 5) is 30.6. The molecule has 0 saturated heterocycles. The molecule has 1 aliphatic carbocycles. The van der Waals surface area contributed by atoms with Gasteiger partial charge in [-0.1, -0.05) is 43.6 Å². The third-order valence-electron chi connectivity index (χ3n) is 5.37. The second-order valence-electron chi connectivity index (χ2n) is 7.52. The molecule has 3 rings (SSSR count). The number of nitrogens with one attached hydrogen (secondary N) is 2. The second-order valence-corrected chi connectivity index (χ2v) is 8.55. The van der Waals surface area contributed by atoms with Crippen molar-refractivity contribution in [1.29, 1.82) is 0 Å². The molecule has 1 heterocycles. The lowest BCUT2D eigenvalue weighted by Gasteiger charge is -2.31. The van der Waals surface area contributed by atoms with Gasteiger partial charge in [-0.2, -0.15) is 0 Å². The molecule has 0 radical (unpaired) electrons. The van der Waals surface area contributed by atoms with E-state index in [4.69, 9.17) is 0 Å². The number of anilines is 1. The zero-order valence-corrected chi connectivity index (χ0v) is 17.6. The number of hydrogen-bond acceptors (Lipinski definition) is 5. The quantitative estimate of drug-likeness (QED) is 0.708. The van der Waals surface area contributed by atoms with Crippen molar-refractivity contribution >= 4 is 38.5 Å². The molecule has 1 fully saturated rings. The summed E-state index contributed by atoms with van der Waals surface area (Å²) in [6, 6.07) is 6.50. The number of aromatic nitrogens is 1. The Hall–Kier alpha value is -1.99. The molecule has 1 aliphatic rings. The SMILES string of the molecule is CCC(=O)Nc1nc2ccc(CC(=O)NCCN(C)C3CCCCC3)cc2s1. The number of amides is 2. The average molecular weight is 403 g/mol. The van der Waals surface area contributed by atoms with Crippen LogP contribution in [0, 0.1) is 0 Å². The minimum absolute atomic E-state index is 0.0421. The molecule has 6 nitrogen and oxygen atoms in total. The monoisotopic (exact) mass is 402 g/mol. The van der Waals surface area contributed by atoms with Crippen LogP contribution in [0.15, 0.2) is 18.2 Å². The zero-order valence-electron chi connectivity index (χ0n) is 16.8. The van der Waals surface area contributed by atoms with Crippen molar-refractivity contribution in [3.8, 4) is 0 Å². The molecule has 0 unspecified atom stereocenters. The van der Waals surface area contributed by atoms with Crippen molar-refractivity contribution in [2.24, 2.45) is 0 Å². The molecule has 1 aromatic carbocycles. The van der Waals surface area contributed by atoms with Gasteiger partial charge in [-0.05, 0) is 37.6 Å². The van der Waals surface area contributed by atoms with E-state index in [1.807, 2.05) is 25.1 Å². The van der Waals surface area contributed by atoms with E-state index in [9.17, 15) is 9.59 Å². The molecule has 28 heavy (non-hydrogen) atoms. The Kier molecular flexibility index (Phi) is 7.39. The van der Waals surface area contributed by atoms with Crippen molar-refractivity contribution in [2.45, 2.75) is 57.9 Å². The standard InChI is InChI=1S/C21H30N4O2S/c1-3-19(26)24-21-23-17-10-9-15(13-18(17)28-21)14-20(27)22-11-12-25(2)16-7-5-4-6-8-16/h9-10,13,16H,3-8,11-12,14H2,1-2H3,(H,22,27)(H,23,24,26). The van der Waals surface area contributed by atoms with E-state index < -0.39 is 0 Å². The average Bonchev–Trinajstić information content (AvgIpc) is 3.09. The molecular formula is C21H30N4O2S. The van der Waals surface area contributed by atoms with Crippen LogP contribution in [0.2, 0.25) is 0 Å². The minimum atomic E-state index is -0.0446. The Balaban J connectivity index is 1.48. The highest BCUT2D eigenvalue weighted by atomic mass is 32.1. The van der Waals surface area contributed by atoms with Crippen LogP contribution in [0.25, 0.3) is 10.2 Å². The molecule has 0 atom stereocenters. The number of nitrogens with zero attached hydrogens (tertiary/aromatic N) is 2. The van der Waals surface area contributed by atoms with Crippen molar-refractivity contribution < 1.29 is 9.59 Å². The Labute approximate surface area is 170 Å². The van der Waals surface area contributed by atoms with E-state index >= 15 is 0 Å². The zero-order chi connectivity index (χ0) is 19.9. The lowest BCUT2D eigenvalue weighted by molar-refractivity contribution is -0.120. The molecule has 7 heteroatoms. The van der Waals surface area contributed by atoms with Crippen LogP contribution in [0.4, 0.5) is 5.13 Å². The Morgan fingerprint density at radius 3 is 2.75 bits per heavy atom. The van der Waals surface area contributed by atoms with E-state index in [0.717, 1.165) is 22.3 Å². The van der Waals surface area contributed by atoms with Crippen LogP contribution in [0.3, 0.4) is 0 Å². The van der Waals surface area contributed by atoms with Crippen molar-refractivity contribution in [2.75, 3.05) is 25.5 Å². The van der Waals surface area contributed by atoms with Gasteiger partial charge in [-0.25, -0.2) is 4.98 Å². The molecular weight excluding hydrogens is 372 g/mol. The first kappa shape index (κ1) is 20.7. The summed E-state index contributed by atoms with van der Waals surface area (Å²) in [5.41, 5.74) is 1.80. The number of thiazole rings is 1. The van der Waals surface area contributed by atoms with Gasteiger partial charge < -0.3 is 15.5 Å². The van der Waals surface area contributed by atoms with Gasteiger partial charge in [0.05, 0.1) is 16.6 Å². The molecule has 0 aliphatic heterocycles. The maximum Gasteiger partial charge on any atom is 0.225 e. The minimum Gasteiger partial charge on any atom is -0.355 e. The number of carbonyl (C=O) groups is 2. The van der Waals surface area contributed by atoms with Crippen LogP contribution in [-0.4, -0.2) is 47.9 Å². The summed E-state index contributed by atoms with van der Waals surface area (Å²) >= 11 is 1.44. The Morgan fingerprint density at radius 2 is 2.00 bits per heavy atom. The van der Waals surface area contributed by atoms with Gasteiger partial charge in [-0.3, -0.25) is 9.59 Å². The van der Waals surface area contributed by atoms with E-state index in [1.54, 1.807) is 0 Å². The largest absolute Gasteiger partial charge is 0.355 e. The second kappa shape index (κ2) is 9.98. The van der Waals surface area contributed by atoms with E-state index in [0.29, 0.717) is 30.6 Å². The van der Waals surface area contributed by atoms with Crippen LogP contribution in [-0.2, 0) is 16.0 Å². The number of hydrogen-bond donors (Lipinski definition) is 2. The summed E-state index contributed by atoms with van der Waals surface area (Å²) in [6.45, 7) is 3.39. The van der Waals surface area contributed by atoms with Gasteiger partial charge in [0.15, 0.2) is 5.13 Å². The van der Waals surface area contributed by atoms with Crippen LogP contribution < -0.4 is 10.6 Å². The summed E-state index contributed by atoms with van der Waals surface area (Å²) in [5, 5.41) is 6.44.